The molecule has 3 aromatic heterocycles. The highest BCUT2D eigenvalue weighted by Crippen LogP contribution is 2.34. The van der Waals surface area contributed by atoms with E-state index in [-0.39, 0.29) is 0 Å². The standard InChI is InChI=1S/C22H18ClN5O/c1-13-14(2)28(17-10-6-7-11-18(17)29-3)21-19(13)22-25-20(26-27(22)12-24-21)15-8-4-5-9-16(15)23/h4-12H,1-3H3. The van der Waals surface area contributed by atoms with Gasteiger partial charge in [0.15, 0.2) is 17.1 Å². The fraction of sp³-hybridized carbons (Fsp3) is 0.136. The molecule has 0 amide bonds. The molecule has 7 heteroatoms. The topological polar surface area (TPSA) is 57.2 Å². The predicted molar refractivity (Wildman–Crippen MR) is 114 cm³/mol. The number of aryl methyl sites for hydroxylation is 1. The highest BCUT2D eigenvalue weighted by molar-refractivity contribution is 6.33. The molecule has 0 atom stereocenters. The minimum Gasteiger partial charge on any atom is -0.495 e. The Morgan fingerprint density at radius 2 is 1.72 bits per heavy atom. The van der Waals surface area contributed by atoms with Crippen molar-refractivity contribution in [3.8, 4) is 22.8 Å². The van der Waals surface area contributed by atoms with E-state index in [2.05, 4.69) is 23.5 Å². The van der Waals surface area contributed by atoms with E-state index in [1.165, 1.54) is 0 Å². The quantitative estimate of drug-likeness (QED) is 0.424. The first-order chi connectivity index (χ1) is 14.1. The molecule has 0 N–H and O–H groups in total. The summed E-state index contributed by atoms with van der Waals surface area (Å²) in [6.07, 6.45) is 1.69. The van der Waals surface area contributed by atoms with E-state index >= 15 is 0 Å². The zero-order chi connectivity index (χ0) is 20.1. The van der Waals surface area contributed by atoms with Crippen LogP contribution in [0.2, 0.25) is 5.02 Å². The molecule has 0 aliphatic carbocycles. The Balaban J connectivity index is 1.82. The zero-order valence-electron chi connectivity index (χ0n) is 16.2. The van der Waals surface area contributed by atoms with Gasteiger partial charge in [-0.05, 0) is 43.7 Å². The van der Waals surface area contributed by atoms with Crippen molar-refractivity contribution in [3.05, 3.63) is 71.1 Å². The summed E-state index contributed by atoms with van der Waals surface area (Å²) >= 11 is 6.36. The number of ether oxygens (including phenoxy) is 1. The van der Waals surface area contributed by atoms with E-state index in [0.717, 1.165) is 44.9 Å². The summed E-state index contributed by atoms with van der Waals surface area (Å²) in [5, 5.41) is 6.18. The van der Waals surface area contributed by atoms with Crippen LogP contribution in [0.4, 0.5) is 0 Å². The maximum Gasteiger partial charge on any atom is 0.183 e. The van der Waals surface area contributed by atoms with Crippen molar-refractivity contribution in [3.63, 3.8) is 0 Å². The van der Waals surface area contributed by atoms with E-state index in [9.17, 15) is 0 Å². The van der Waals surface area contributed by atoms with Crippen LogP contribution < -0.4 is 4.74 Å². The Labute approximate surface area is 172 Å². The molecule has 0 aliphatic rings. The van der Waals surface area contributed by atoms with Crippen LogP contribution in [-0.4, -0.2) is 31.3 Å². The number of aromatic nitrogens is 5. The number of hydrogen-bond acceptors (Lipinski definition) is 4. The average molecular weight is 404 g/mol. The molecule has 0 radical (unpaired) electrons. The van der Waals surface area contributed by atoms with E-state index in [1.807, 2.05) is 48.5 Å². The second kappa shape index (κ2) is 6.60. The Bertz CT molecular complexity index is 1390. The molecule has 0 saturated heterocycles. The number of nitrogens with zero attached hydrogens (tertiary/aromatic N) is 5. The van der Waals surface area contributed by atoms with Gasteiger partial charge in [0.05, 0.1) is 23.2 Å². The summed E-state index contributed by atoms with van der Waals surface area (Å²) in [6, 6.07) is 15.5. The fourth-order valence-corrected chi connectivity index (χ4v) is 3.95. The maximum absolute atomic E-state index is 6.36. The molecule has 0 saturated carbocycles. The maximum atomic E-state index is 6.36. The summed E-state index contributed by atoms with van der Waals surface area (Å²) < 4.78 is 9.39. The van der Waals surface area contributed by atoms with E-state index in [0.29, 0.717) is 10.8 Å². The number of rotatable bonds is 3. The molecule has 5 aromatic rings. The van der Waals surface area contributed by atoms with Crippen LogP contribution in [0.15, 0.2) is 54.9 Å². The van der Waals surface area contributed by atoms with Gasteiger partial charge in [-0.25, -0.2) is 14.5 Å². The van der Waals surface area contributed by atoms with Crippen molar-refractivity contribution in [2.24, 2.45) is 0 Å². The molecule has 5 rings (SSSR count). The van der Waals surface area contributed by atoms with Gasteiger partial charge in [-0.2, -0.15) is 0 Å². The Morgan fingerprint density at radius 3 is 2.52 bits per heavy atom. The third kappa shape index (κ3) is 2.60. The molecule has 144 valence electrons. The van der Waals surface area contributed by atoms with Gasteiger partial charge in [0.25, 0.3) is 0 Å². The summed E-state index contributed by atoms with van der Waals surface area (Å²) in [5.41, 5.74) is 5.47. The molecule has 0 fully saturated rings. The summed E-state index contributed by atoms with van der Waals surface area (Å²) in [7, 11) is 1.67. The Morgan fingerprint density at radius 1 is 0.966 bits per heavy atom. The van der Waals surface area contributed by atoms with E-state index < -0.39 is 0 Å². The first kappa shape index (κ1) is 17.7. The van der Waals surface area contributed by atoms with Gasteiger partial charge in [0.2, 0.25) is 0 Å². The van der Waals surface area contributed by atoms with Crippen LogP contribution in [0.1, 0.15) is 11.3 Å². The molecular formula is C22H18ClN5O. The number of para-hydroxylation sites is 2. The van der Waals surface area contributed by atoms with Gasteiger partial charge in [-0.3, -0.25) is 4.57 Å². The molecule has 0 aliphatic heterocycles. The highest BCUT2D eigenvalue weighted by atomic mass is 35.5. The van der Waals surface area contributed by atoms with Crippen molar-refractivity contribution >= 4 is 28.3 Å². The minimum absolute atomic E-state index is 0.576. The number of benzene rings is 2. The zero-order valence-corrected chi connectivity index (χ0v) is 17.0. The molecule has 0 unspecified atom stereocenters. The van der Waals surface area contributed by atoms with Gasteiger partial charge < -0.3 is 4.74 Å². The Kier molecular flexibility index (Phi) is 4.03. The summed E-state index contributed by atoms with van der Waals surface area (Å²) in [6.45, 7) is 4.15. The second-order valence-electron chi connectivity index (χ2n) is 6.84. The van der Waals surface area contributed by atoms with Crippen molar-refractivity contribution < 1.29 is 4.74 Å². The molecule has 29 heavy (non-hydrogen) atoms. The average Bonchev–Trinajstić information content (AvgIpc) is 3.27. The third-order valence-corrected chi connectivity index (χ3v) is 5.60. The van der Waals surface area contributed by atoms with Gasteiger partial charge in [-0.1, -0.05) is 35.9 Å². The highest BCUT2D eigenvalue weighted by Gasteiger charge is 2.21. The monoisotopic (exact) mass is 403 g/mol. The van der Waals surface area contributed by atoms with E-state index in [4.69, 9.17) is 26.3 Å². The summed E-state index contributed by atoms with van der Waals surface area (Å²) in [4.78, 5) is 9.51. The van der Waals surface area contributed by atoms with E-state index in [1.54, 1.807) is 18.0 Å². The van der Waals surface area contributed by atoms with Crippen LogP contribution in [0.3, 0.4) is 0 Å². The van der Waals surface area contributed by atoms with Crippen LogP contribution >= 0.6 is 11.6 Å². The van der Waals surface area contributed by atoms with Crippen molar-refractivity contribution in [2.45, 2.75) is 13.8 Å². The van der Waals surface area contributed by atoms with Gasteiger partial charge in [-0.15, -0.1) is 5.10 Å². The predicted octanol–water partition coefficient (Wildman–Crippen LogP) is 5.01. The minimum atomic E-state index is 0.576. The van der Waals surface area contributed by atoms with Gasteiger partial charge in [0.1, 0.15) is 12.1 Å². The van der Waals surface area contributed by atoms with Gasteiger partial charge >= 0.3 is 0 Å². The van der Waals surface area contributed by atoms with Crippen molar-refractivity contribution in [1.29, 1.82) is 0 Å². The van der Waals surface area contributed by atoms with Crippen molar-refractivity contribution in [1.82, 2.24) is 24.1 Å². The summed E-state index contributed by atoms with van der Waals surface area (Å²) in [5.74, 6) is 1.36. The normalized spacial score (nSPS) is 11.4. The lowest BCUT2D eigenvalue weighted by Gasteiger charge is -2.12. The van der Waals surface area contributed by atoms with Crippen LogP contribution in [0.25, 0.3) is 33.8 Å². The Hall–Kier alpha value is -3.38. The number of fused-ring (bicyclic) bond motifs is 3. The van der Waals surface area contributed by atoms with Crippen LogP contribution in [0, 0.1) is 13.8 Å². The second-order valence-corrected chi connectivity index (χ2v) is 7.25. The number of halogens is 1. The van der Waals surface area contributed by atoms with Gasteiger partial charge in [0, 0.05) is 11.3 Å². The third-order valence-electron chi connectivity index (χ3n) is 5.27. The lowest BCUT2D eigenvalue weighted by molar-refractivity contribution is 0.413. The molecular weight excluding hydrogens is 386 g/mol. The molecule has 6 nitrogen and oxygen atoms in total. The fourth-order valence-electron chi connectivity index (χ4n) is 3.73. The van der Waals surface area contributed by atoms with Crippen LogP contribution in [0.5, 0.6) is 5.75 Å². The molecule has 0 bridgehead atoms. The number of methoxy groups -OCH3 is 1. The first-order valence-electron chi connectivity index (χ1n) is 9.21. The largest absolute Gasteiger partial charge is 0.495 e. The SMILES string of the molecule is COc1ccccc1-n1c(C)c(C)c2c1ncn1nc(-c3ccccc3Cl)nc21. The number of hydrogen-bond donors (Lipinski definition) is 0. The molecule has 3 heterocycles. The first-order valence-corrected chi connectivity index (χ1v) is 9.59. The van der Waals surface area contributed by atoms with Crippen molar-refractivity contribution in [2.75, 3.05) is 7.11 Å². The van der Waals surface area contributed by atoms with Crippen LogP contribution in [-0.2, 0) is 0 Å². The lowest BCUT2D eigenvalue weighted by atomic mass is 10.2. The molecule has 2 aromatic carbocycles. The lowest BCUT2D eigenvalue weighted by Crippen LogP contribution is -2.01. The smallest absolute Gasteiger partial charge is 0.183 e. The molecule has 0 spiro atoms.